The number of benzene rings is 1. The summed E-state index contributed by atoms with van der Waals surface area (Å²) in [7, 11) is 0. The van der Waals surface area contributed by atoms with E-state index in [2.05, 4.69) is 16.9 Å². The Kier molecular flexibility index (Phi) is 8.62. The van der Waals surface area contributed by atoms with E-state index in [1.807, 2.05) is 46.8 Å². The van der Waals surface area contributed by atoms with E-state index in [4.69, 9.17) is 5.73 Å². The van der Waals surface area contributed by atoms with Crippen molar-refractivity contribution in [1.29, 1.82) is 0 Å². The zero-order valence-corrected chi connectivity index (χ0v) is 13.7. The summed E-state index contributed by atoms with van der Waals surface area (Å²) < 4.78 is 0. The first-order chi connectivity index (χ1) is 9.93. The van der Waals surface area contributed by atoms with Gasteiger partial charge in [-0.15, -0.1) is 0 Å². The number of nitrogens with two attached hydrogens (primary N) is 1. The van der Waals surface area contributed by atoms with E-state index in [1.165, 1.54) is 0 Å². The van der Waals surface area contributed by atoms with E-state index in [1.54, 1.807) is 12.1 Å². The lowest BCUT2D eigenvalue weighted by atomic mass is 10.1. The first-order valence-electron chi connectivity index (χ1n) is 7.18. The van der Waals surface area contributed by atoms with E-state index in [0.29, 0.717) is 23.5 Å². The van der Waals surface area contributed by atoms with Crippen molar-refractivity contribution in [3.05, 3.63) is 47.7 Å². The molecule has 0 saturated heterocycles. The average molecular weight is 289 g/mol. The summed E-state index contributed by atoms with van der Waals surface area (Å²) in [5.41, 5.74) is 8.38. The maximum atomic E-state index is 10.0. The number of phenolic OH excluding ortho intramolecular Hbond substituents is 1. The smallest absolute Gasteiger partial charge is 0.125 e. The molecular weight excluding hydrogens is 262 g/mol. The van der Waals surface area contributed by atoms with Crippen LogP contribution in [0.2, 0.25) is 0 Å². The maximum Gasteiger partial charge on any atom is 0.125 e. The van der Waals surface area contributed by atoms with Crippen molar-refractivity contribution < 1.29 is 5.11 Å². The molecule has 0 aliphatic rings. The van der Waals surface area contributed by atoms with E-state index in [-0.39, 0.29) is 5.75 Å². The fraction of sp³-hybridized carbons (Fsp3) is 0.353. The van der Waals surface area contributed by atoms with Gasteiger partial charge in [-0.3, -0.25) is 4.99 Å². The number of amidine groups is 1. The molecule has 116 valence electrons. The molecule has 0 spiro atoms. The van der Waals surface area contributed by atoms with Gasteiger partial charge in [-0.05, 0) is 44.5 Å². The Hall–Kier alpha value is -2.23. The fourth-order valence-corrected chi connectivity index (χ4v) is 1.71. The normalized spacial score (nSPS) is 11.5. The first kappa shape index (κ1) is 18.8. The molecule has 0 aliphatic heterocycles. The topological polar surface area (TPSA) is 70.6 Å². The molecule has 1 aromatic rings. The quantitative estimate of drug-likeness (QED) is 0.451. The van der Waals surface area contributed by atoms with Crippen molar-refractivity contribution >= 4 is 11.5 Å². The van der Waals surface area contributed by atoms with Gasteiger partial charge in [0, 0.05) is 17.8 Å². The highest BCUT2D eigenvalue weighted by Gasteiger charge is 2.08. The van der Waals surface area contributed by atoms with Crippen molar-refractivity contribution in [2.24, 2.45) is 10.7 Å². The highest BCUT2D eigenvalue weighted by molar-refractivity contribution is 5.90. The third-order valence-corrected chi connectivity index (χ3v) is 2.48. The zero-order chi connectivity index (χ0) is 16.4. The summed E-state index contributed by atoms with van der Waals surface area (Å²) in [6, 6.07) is 5.47. The van der Waals surface area contributed by atoms with Crippen LogP contribution in [0, 0.1) is 6.92 Å². The van der Waals surface area contributed by atoms with Crippen LogP contribution in [0.4, 0.5) is 0 Å². The van der Waals surface area contributed by atoms with Crippen LogP contribution < -0.4 is 11.1 Å². The van der Waals surface area contributed by atoms with Gasteiger partial charge in [0.1, 0.15) is 5.75 Å². The lowest BCUT2D eigenvalue weighted by Gasteiger charge is -2.13. The van der Waals surface area contributed by atoms with Crippen LogP contribution in [0.3, 0.4) is 0 Å². The Morgan fingerprint density at radius 2 is 2.05 bits per heavy atom. The van der Waals surface area contributed by atoms with Gasteiger partial charge in [0.25, 0.3) is 0 Å². The second kappa shape index (κ2) is 9.64. The van der Waals surface area contributed by atoms with Crippen molar-refractivity contribution in [3.8, 4) is 5.75 Å². The zero-order valence-electron chi connectivity index (χ0n) is 13.7. The van der Waals surface area contributed by atoms with E-state index in [9.17, 15) is 5.11 Å². The van der Waals surface area contributed by atoms with Crippen LogP contribution in [0.25, 0.3) is 5.70 Å². The summed E-state index contributed by atoms with van der Waals surface area (Å²) in [6.07, 6.45) is 1.68. The van der Waals surface area contributed by atoms with Crippen molar-refractivity contribution in [2.45, 2.75) is 34.6 Å². The summed E-state index contributed by atoms with van der Waals surface area (Å²) in [4.78, 5) is 4.26. The third-order valence-electron chi connectivity index (χ3n) is 2.48. The number of aliphatic imine (C=N–C) groups is 1. The molecule has 0 fully saturated rings. The summed E-state index contributed by atoms with van der Waals surface area (Å²) in [5, 5.41) is 13.2. The number of nitrogens with zero attached hydrogens (tertiary/aromatic N) is 1. The molecule has 1 rings (SSSR count). The van der Waals surface area contributed by atoms with Gasteiger partial charge < -0.3 is 16.2 Å². The SMILES string of the molecule is C=C(N)/C=C(\NC(C)=NCC)c1ccc(C)cc1O.CC. The molecule has 4 nitrogen and oxygen atoms in total. The van der Waals surface area contributed by atoms with Crippen LogP contribution in [-0.4, -0.2) is 17.5 Å². The predicted octanol–water partition coefficient (Wildman–Crippen LogP) is 3.57. The van der Waals surface area contributed by atoms with Gasteiger partial charge >= 0.3 is 0 Å². The summed E-state index contributed by atoms with van der Waals surface area (Å²) in [6.45, 7) is 14.1. The van der Waals surface area contributed by atoms with E-state index in [0.717, 1.165) is 11.4 Å². The molecule has 21 heavy (non-hydrogen) atoms. The number of hydrogen-bond donors (Lipinski definition) is 3. The minimum Gasteiger partial charge on any atom is -0.507 e. The molecule has 0 bridgehead atoms. The van der Waals surface area contributed by atoms with Crippen molar-refractivity contribution in [1.82, 2.24) is 5.32 Å². The van der Waals surface area contributed by atoms with Gasteiger partial charge in [0.15, 0.2) is 0 Å². The molecule has 0 heterocycles. The molecule has 0 unspecified atom stereocenters. The molecule has 0 atom stereocenters. The summed E-state index contributed by atoms with van der Waals surface area (Å²) in [5.74, 6) is 0.958. The van der Waals surface area contributed by atoms with Crippen molar-refractivity contribution in [2.75, 3.05) is 6.54 Å². The first-order valence-corrected chi connectivity index (χ1v) is 7.18. The van der Waals surface area contributed by atoms with E-state index < -0.39 is 0 Å². The molecule has 0 aromatic heterocycles. The maximum absolute atomic E-state index is 10.0. The average Bonchev–Trinajstić information content (AvgIpc) is 2.40. The highest BCUT2D eigenvalue weighted by atomic mass is 16.3. The standard InChI is InChI=1S/C15H21N3O.C2H6/c1-5-17-12(4)18-14(9-11(3)16)13-7-6-10(2)8-15(13)19;1-2/h6-9,19H,3,5,16H2,1-2,4H3,(H,17,18);1-2H3/b14-9-;. The number of hydrogen-bond acceptors (Lipinski definition) is 3. The van der Waals surface area contributed by atoms with Gasteiger partial charge in [0.05, 0.1) is 11.5 Å². The lowest BCUT2D eigenvalue weighted by molar-refractivity contribution is 0.473. The number of allylic oxidation sites excluding steroid dienone is 1. The largest absolute Gasteiger partial charge is 0.507 e. The van der Waals surface area contributed by atoms with Crippen LogP contribution in [0.15, 0.2) is 41.5 Å². The van der Waals surface area contributed by atoms with Crippen LogP contribution >= 0.6 is 0 Å². The monoisotopic (exact) mass is 289 g/mol. The van der Waals surface area contributed by atoms with Gasteiger partial charge in [-0.25, -0.2) is 0 Å². The Balaban J connectivity index is 0.00000191. The van der Waals surface area contributed by atoms with Crippen LogP contribution in [-0.2, 0) is 0 Å². The summed E-state index contributed by atoms with van der Waals surface area (Å²) >= 11 is 0. The third kappa shape index (κ3) is 6.65. The minimum atomic E-state index is 0.198. The van der Waals surface area contributed by atoms with Crippen LogP contribution in [0.5, 0.6) is 5.75 Å². The number of phenols is 1. The second-order valence-electron chi connectivity index (χ2n) is 4.34. The number of rotatable bonds is 4. The lowest BCUT2D eigenvalue weighted by Crippen LogP contribution is -2.19. The minimum absolute atomic E-state index is 0.198. The second-order valence-corrected chi connectivity index (χ2v) is 4.34. The molecule has 0 amide bonds. The van der Waals surface area contributed by atoms with Crippen LogP contribution in [0.1, 0.15) is 38.8 Å². The van der Waals surface area contributed by atoms with Gasteiger partial charge in [-0.1, -0.05) is 26.5 Å². The molecule has 1 aromatic carbocycles. The Morgan fingerprint density at radius 3 is 2.52 bits per heavy atom. The van der Waals surface area contributed by atoms with E-state index >= 15 is 0 Å². The number of nitrogens with one attached hydrogen (secondary N) is 1. The molecule has 0 saturated carbocycles. The molecule has 0 aliphatic carbocycles. The number of aryl methyl sites for hydroxylation is 1. The van der Waals surface area contributed by atoms with Gasteiger partial charge in [-0.2, -0.15) is 0 Å². The van der Waals surface area contributed by atoms with Crippen molar-refractivity contribution in [3.63, 3.8) is 0 Å². The molecule has 0 radical (unpaired) electrons. The molecule has 4 heteroatoms. The predicted molar refractivity (Wildman–Crippen MR) is 92.3 cm³/mol. The molecule has 4 N–H and O–H groups in total. The Morgan fingerprint density at radius 1 is 1.43 bits per heavy atom. The Bertz CT molecular complexity index is 531. The Labute approximate surface area is 128 Å². The molecular formula is C17H27N3O. The van der Waals surface area contributed by atoms with Gasteiger partial charge in [0.2, 0.25) is 0 Å². The highest BCUT2D eigenvalue weighted by Crippen LogP contribution is 2.25. The number of aromatic hydroxyl groups is 1. The fourth-order valence-electron chi connectivity index (χ4n) is 1.71.